The maximum absolute atomic E-state index is 13.0. The van der Waals surface area contributed by atoms with E-state index in [0.717, 1.165) is 15.4 Å². The molecule has 150 valence electrons. The Morgan fingerprint density at radius 3 is 2.59 bits per heavy atom. The summed E-state index contributed by atoms with van der Waals surface area (Å²) < 4.78 is 32.1. The third kappa shape index (κ3) is 4.66. The van der Waals surface area contributed by atoms with Gasteiger partial charge in [0.1, 0.15) is 6.04 Å². The summed E-state index contributed by atoms with van der Waals surface area (Å²) in [5.41, 5.74) is 1.75. The fourth-order valence-corrected chi connectivity index (χ4v) is 4.61. The van der Waals surface area contributed by atoms with Crippen LogP contribution in [-0.2, 0) is 24.3 Å². The van der Waals surface area contributed by atoms with Gasteiger partial charge in [0, 0.05) is 19.5 Å². The summed E-state index contributed by atoms with van der Waals surface area (Å²) in [5, 5.41) is 12.5. The monoisotopic (exact) mass is 398 g/mol. The lowest BCUT2D eigenvalue weighted by Crippen LogP contribution is -2.44. The normalized spacial score (nSPS) is 21.7. The first-order chi connectivity index (χ1) is 12.6. The molecule has 3 atom stereocenters. The molecule has 1 heterocycles. The number of benzene rings is 1. The smallest absolute Gasteiger partial charge is 0.325 e. The second-order valence-electron chi connectivity index (χ2n) is 6.70. The van der Waals surface area contributed by atoms with Crippen molar-refractivity contribution in [2.45, 2.75) is 57.3 Å². The molecule has 2 rings (SSSR count). The number of rotatable bonds is 6. The van der Waals surface area contributed by atoms with E-state index < -0.39 is 40.1 Å². The molecule has 0 bridgehead atoms. The van der Waals surface area contributed by atoms with Gasteiger partial charge in [-0.1, -0.05) is 6.07 Å². The molecule has 1 aromatic rings. The van der Waals surface area contributed by atoms with Crippen molar-refractivity contribution in [1.29, 1.82) is 0 Å². The molecule has 2 N–H and O–H groups in total. The van der Waals surface area contributed by atoms with Gasteiger partial charge in [-0.3, -0.25) is 9.59 Å². The second kappa shape index (κ2) is 8.37. The van der Waals surface area contributed by atoms with E-state index in [1.54, 1.807) is 19.9 Å². The molecule has 1 amide bonds. The Hall–Kier alpha value is -1.97. The van der Waals surface area contributed by atoms with Crippen molar-refractivity contribution >= 4 is 21.9 Å². The Kier molecular flexibility index (Phi) is 6.61. The molecule has 1 aliphatic heterocycles. The Morgan fingerprint density at radius 1 is 1.33 bits per heavy atom. The van der Waals surface area contributed by atoms with E-state index in [-0.39, 0.29) is 17.9 Å². The third-order valence-corrected chi connectivity index (χ3v) is 6.47. The predicted molar refractivity (Wildman–Crippen MR) is 98.5 cm³/mol. The molecule has 1 aromatic carbocycles. The van der Waals surface area contributed by atoms with Crippen molar-refractivity contribution in [2.75, 3.05) is 13.1 Å². The maximum atomic E-state index is 13.0. The van der Waals surface area contributed by atoms with Crippen LogP contribution in [0.5, 0.6) is 0 Å². The van der Waals surface area contributed by atoms with Crippen LogP contribution in [0.1, 0.15) is 31.4 Å². The molecule has 0 radical (unpaired) electrons. The van der Waals surface area contributed by atoms with E-state index in [4.69, 9.17) is 4.74 Å². The highest BCUT2D eigenvalue weighted by molar-refractivity contribution is 7.89. The molecule has 1 saturated heterocycles. The lowest BCUT2D eigenvalue weighted by molar-refractivity contribution is -0.157. The largest absolute Gasteiger partial charge is 0.451 e. The molecule has 0 aromatic heterocycles. The lowest BCUT2D eigenvalue weighted by atomic mass is 10.1. The molecule has 27 heavy (non-hydrogen) atoms. The Labute approximate surface area is 159 Å². The number of aliphatic hydroxyl groups is 1. The van der Waals surface area contributed by atoms with E-state index in [1.165, 1.54) is 19.1 Å². The van der Waals surface area contributed by atoms with Gasteiger partial charge in [0.15, 0.2) is 6.10 Å². The summed E-state index contributed by atoms with van der Waals surface area (Å²) in [5.74, 6) is -1.31. The summed E-state index contributed by atoms with van der Waals surface area (Å²) in [6.07, 6.45) is -2.12. The van der Waals surface area contributed by atoms with E-state index >= 15 is 0 Å². The number of β-amino-alcohol motifs (C(OH)–C–C–N with tert-alkyl or cyclic N) is 1. The first-order valence-corrected chi connectivity index (χ1v) is 10.3. The minimum Gasteiger partial charge on any atom is -0.451 e. The quantitative estimate of drug-likeness (QED) is 0.675. The molecule has 8 nitrogen and oxygen atoms in total. The lowest BCUT2D eigenvalue weighted by Gasteiger charge is -2.24. The molecule has 0 spiro atoms. The van der Waals surface area contributed by atoms with Crippen LogP contribution in [0.25, 0.3) is 0 Å². The van der Waals surface area contributed by atoms with Crippen molar-refractivity contribution in [3.8, 4) is 0 Å². The second-order valence-corrected chi connectivity index (χ2v) is 8.59. The highest BCUT2D eigenvalue weighted by atomic mass is 32.2. The number of carbonyl (C=O) groups excluding carboxylic acids is 2. The van der Waals surface area contributed by atoms with Crippen molar-refractivity contribution < 1.29 is 27.9 Å². The minimum absolute atomic E-state index is 0.0503. The van der Waals surface area contributed by atoms with Crippen LogP contribution in [0.15, 0.2) is 23.1 Å². The molecular weight excluding hydrogens is 372 g/mol. The predicted octanol–water partition coefficient (Wildman–Crippen LogP) is 0.495. The number of aryl methyl sites for hydroxylation is 2. The highest BCUT2D eigenvalue weighted by Gasteiger charge is 2.45. The van der Waals surface area contributed by atoms with Gasteiger partial charge in [-0.2, -0.15) is 4.31 Å². The van der Waals surface area contributed by atoms with Gasteiger partial charge in [0.25, 0.3) is 5.91 Å². The number of amides is 1. The maximum Gasteiger partial charge on any atom is 0.325 e. The zero-order valence-electron chi connectivity index (χ0n) is 15.9. The van der Waals surface area contributed by atoms with Gasteiger partial charge < -0.3 is 15.2 Å². The number of esters is 1. The average molecular weight is 398 g/mol. The topological polar surface area (TPSA) is 113 Å². The molecule has 0 saturated carbocycles. The zero-order valence-corrected chi connectivity index (χ0v) is 16.7. The van der Waals surface area contributed by atoms with Gasteiger partial charge in [0.2, 0.25) is 10.0 Å². The summed E-state index contributed by atoms with van der Waals surface area (Å²) >= 11 is 0. The van der Waals surface area contributed by atoms with Gasteiger partial charge in [0.05, 0.1) is 11.0 Å². The Bertz CT molecular complexity index is 823. The SMILES string of the molecule is CCNC(=O)[C@@H](C)OC(=O)[C@@H]1C[C@@H](O)CN1S(=O)(=O)c1ccc(C)c(C)c1. The van der Waals surface area contributed by atoms with E-state index in [1.807, 2.05) is 6.92 Å². The van der Waals surface area contributed by atoms with Crippen LogP contribution in [0.3, 0.4) is 0 Å². The van der Waals surface area contributed by atoms with Crippen LogP contribution in [0.4, 0.5) is 0 Å². The zero-order chi connectivity index (χ0) is 20.4. The number of ether oxygens (including phenoxy) is 1. The standard InChI is InChI=1S/C18H26N2O6S/c1-5-19-17(22)13(4)26-18(23)16-9-14(21)10-20(16)27(24,25)15-7-6-11(2)12(3)8-15/h6-8,13-14,16,21H,5,9-10H2,1-4H3,(H,19,22)/t13-,14-,16+/m1/s1. The molecule has 1 aliphatic rings. The summed E-state index contributed by atoms with van der Waals surface area (Å²) in [7, 11) is -4.00. The van der Waals surface area contributed by atoms with E-state index in [9.17, 15) is 23.1 Å². The molecular formula is C18H26N2O6S. The first-order valence-electron chi connectivity index (χ1n) is 8.83. The van der Waals surface area contributed by atoms with Gasteiger partial charge in [-0.25, -0.2) is 8.42 Å². The molecule has 9 heteroatoms. The average Bonchev–Trinajstić information content (AvgIpc) is 3.00. The molecule has 1 fully saturated rings. The van der Waals surface area contributed by atoms with Crippen LogP contribution < -0.4 is 5.32 Å². The van der Waals surface area contributed by atoms with E-state index in [2.05, 4.69) is 5.32 Å². The fraction of sp³-hybridized carbons (Fsp3) is 0.556. The van der Waals surface area contributed by atoms with Gasteiger partial charge in [-0.15, -0.1) is 0 Å². The summed E-state index contributed by atoms with van der Waals surface area (Å²) in [4.78, 5) is 24.3. The van der Waals surface area contributed by atoms with Crippen molar-refractivity contribution in [2.24, 2.45) is 0 Å². The Morgan fingerprint density at radius 2 is 2.00 bits per heavy atom. The highest BCUT2D eigenvalue weighted by Crippen LogP contribution is 2.28. The Balaban J connectivity index is 2.25. The number of likely N-dealkylation sites (N-methyl/N-ethyl adjacent to an activating group) is 1. The number of hydrogen-bond acceptors (Lipinski definition) is 6. The number of nitrogens with zero attached hydrogens (tertiary/aromatic N) is 1. The minimum atomic E-state index is -4.00. The van der Waals surface area contributed by atoms with Crippen LogP contribution in [-0.4, -0.2) is 61.0 Å². The van der Waals surface area contributed by atoms with Crippen molar-refractivity contribution in [1.82, 2.24) is 9.62 Å². The summed E-state index contributed by atoms with van der Waals surface area (Å²) in [6, 6.07) is 3.53. The van der Waals surface area contributed by atoms with Crippen LogP contribution in [0.2, 0.25) is 0 Å². The van der Waals surface area contributed by atoms with Crippen molar-refractivity contribution in [3.63, 3.8) is 0 Å². The third-order valence-electron chi connectivity index (χ3n) is 4.60. The molecule has 0 unspecified atom stereocenters. The number of aliphatic hydroxyl groups excluding tert-OH is 1. The first kappa shape index (κ1) is 21.3. The van der Waals surface area contributed by atoms with Crippen molar-refractivity contribution in [3.05, 3.63) is 29.3 Å². The number of hydrogen-bond donors (Lipinski definition) is 2. The number of carbonyl (C=O) groups is 2. The summed E-state index contributed by atoms with van der Waals surface area (Å²) in [6.45, 7) is 7.00. The van der Waals surface area contributed by atoms with E-state index in [0.29, 0.717) is 6.54 Å². The number of sulfonamides is 1. The fourth-order valence-electron chi connectivity index (χ4n) is 2.90. The molecule has 0 aliphatic carbocycles. The van der Waals surface area contributed by atoms with Crippen LogP contribution >= 0.6 is 0 Å². The number of nitrogens with one attached hydrogen (secondary N) is 1. The van der Waals surface area contributed by atoms with Crippen LogP contribution in [0, 0.1) is 13.8 Å². The van der Waals surface area contributed by atoms with Gasteiger partial charge in [-0.05, 0) is 51.0 Å². The van der Waals surface area contributed by atoms with Gasteiger partial charge >= 0.3 is 5.97 Å².